The molecule has 1 aliphatic carbocycles. The summed E-state index contributed by atoms with van der Waals surface area (Å²) >= 11 is 0. The highest BCUT2D eigenvalue weighted by Gasteiger charge is 2.28. The van der Waals surface area contributed by atoms with Crippen LogP contribution in [0.15, 0.2) is 24.3 Å². The van der Waals surface area contributed by atoms with E-state index < -0.39 is 0 Å². The monoisotopic (exact) mass is 275 g/mol. The fourth-order valence-corrected chi connectivity index (χ4v) is 3.07. The molecule has 3 atom stereocenters. The van der Waals surface area contributed by atoms with Crippen molar-refractivity contribution < 1.29 is 10.1 Å². The fraction of sp³-hybridized carbons (Fsp3) is 0.588. The maximum absolute atomic E-state index is 12.3. The Kier molecular flexibility index (Phi) is 5.18. The molecular formula is C17H27N2O+. The van der Waals surface area contributed by atoms with Gasteiger partial charge in [-0.3, -0.25) is 4.79 Å². The summed E-state index contributed by atoms with van der Waals surface area (Å²) in [5, 5.41) is 5.28. The molecule has 0 aliphatic heterocycles. The van der Waals surface area contributed by atoms with Gasteiger partial charge in [0.25, 0.3) is 5.91 Å². The third-order valence-corrected chi connectivity index (χ3v) is 4.41. The van der Waals surface area contributed by atoms with E-state index in [2.05, 4.69) is 17.6 Å². The zero-order chi connectivity index (χ0) is 14.5. The van der Waals surface area contributed by atoms with Gasteiger partial charge in [-0.2, -0.15) is 0 Å². The summed E-state index contributed by atoms with van der Waals surface area (Å²) < 4.78 is 0. The molecule has 1 aromatic rings. The van der Waals surface area contributed by atoms with Crippen LogP contribution >= 0.6 is 0 Å². The molecule has 1 fully saturated rings. The summed E-state index contributed by atoms with van der Waals surface area (Å²) in [4.78, 5) is 12.3. The quantitative estimate of drug-likeness (QED) is 0.871. The number of aryl methyl sites for hydroxylation is 1. The Morgan fingerprint density at radius 1 is 1.35 bits per heavy atom. The lowest BCUT2D eigenvalue weighted by Crippen LogP contribution is -2.97. The first-order valence-electron chi connectivity index (χ1n) is 7.79. The second kappa shape index (κ2) is 6.89. The van der Waals surface area contributed by atoms with Crippen LogP contribution in [0.2, 0.25) is 0 Å². The van der Waals surface area contributed by atoms with Crippen molar-refractivity contribution in [3.05, 3.63) is 29.8 Å². The molecule has 1 aromatic carbocycles. The number of carbonyl (C=O) groups excluding carboxylic acids is 1. The molecule has 0 spiro atoms. The molecule has 0 radical (unpaired) electrons. The first-order valence-corrected chi connectivity index (χ1v) is 7.79. The summed E-state index contributed by atoms with van der Waals surface area (Å²) in [6, 6.07) is 8.54. The highest BCUT2D eigenvalue weighted by molar-refractivity contribution is 5.93. The minimum atomic E-state index is -0.0268. The minimum absolute atomic E-state index is 0.0268. The van der Waals surface area contributed by atoms with Crippen LogP contribution in [-0.4, -0.2) is 18.0 Å². The van der Waals surface area contributed by atoms with E-state index in [1.54, 1.807) is 0 Å². The summed E-state index contributed by atoms with van der Waals surface area (Å²) in [7, 11) is 0. The third-order valence-electron chi connectivity index (χ3n) is 4.41. The molecule has 0 heterocycles. The Labute approximate surface area is 122 Å². The molecule has 20 heavy (non-hydrogen) atoms. The van der Waals surface area contributed by atoms with E-state index in [0.29, 0.717) is 6.04 Å². The molecule has 110 valence electrons. The summed E-state index contributed by atoms with van der Waals surface area (Å²) in [6.45, 7) is 6.35. The standard InChI is InChI=1S/C17H26N2O/c1-12-7-6-9-15(11-12)19-17(20)14(3)18-16-10-5-4-8-13(16)2/h6-7,9,11,13-14,16,18H,4-5,8,10H2,1-3H3,(H,19,20)/p+1/t13-,14+,16+/m0/s1. The molecular weight excluding hydrogens is 248 g/mol. The minimum Gasteiger partial charge on any atom is -0.334 e. The second-order valence-electron chi connectivity index (χ2n) is 6.27. The Hall–Kier alpha value is -1.35. The number of hydrogen-bond acceptors (Lipinski definition) is 1. The maximum Gasteiger partial charge on any atom is 0.282 e. The zero-order valence-corrected chi connectivity index (χ0v) is 12.9. The lowest BCUT2D eigenvalue weighted by atomic mass is 9.85. The number of rotatable bonds is 4. The molecule has 0 unspecified atom stereocenters. The van der Waals surface area contributed by atoms with Crippen LogP contribution in [0.3, 0.4) is 0 Å². The molecule has 1 amide bonds. The molecule has 3 N–H and O–H groups in total. The highest BCUT2D eigenvalue weighted by atomic mass is 16.2. The maximum atomic E-state index is 12.3. The number of quaternary nitrogens is 1. The van der Waals surface area contributed by atoms with Crippen LogP contribution in [-0.2, 0) is 4.79 Å². The third kappa shape index (κ3) is 4.07. The van der Waals surface area contributed by atoms with Gasteiger partial charge >= 0.3 is 0 Å². The van der Waals surface area contributed by atoms with Gasteiger partial charge in [-0.05, 0) is 50.8 Å². The largest absolute Gasteiger partial charge is 0.334 e. The van der Waals surface area contributed by atoms with Crippen molar-refractivity contribution in [2.75, 3.05) is 5.32 Å². The smallest absolute Gasteiger partial charge is 0.282 e. The van der Waals surface area contributed by atoms with Crippen molar-refractivity contribution in [1.82, 2.24) is 0 Å². The first kappa shape index (κ1) is 15.0. The Morgan fingerprint density at radius 3 is 2.80 bits per heavy atom. The second-order valence-corrected chi connectivity index (χ2v) is 6.27. The van der Waals surface area contributed by atoms with Crippen molar-refractivity contribution in [2.45, 2.75) is 58.5 Å². The topological polar surface area (TPSA) is 45.7 Å². The lowest BCUT2D eigenvalue weighted by Gasteiger charge is -2.28. The number of hydrogen-bond donors (Lipinski definition) is 2. The highest BCUT2D eigenvalue weighted by Crippen LogP contribution is 2.21. The predicted molar refractivity (Wildman–Crippen MR) is 82.6 cm³/mol. The molecule has 3 nitrogen and oxygen atoms in total. The van der Waals surface area contributed by atoms with E-state index in [1.807, 2.05) is 38.1 Å². The van der Waals surface area contributed by atoms with Crippen molar-refractivity contribution in [1.29, 1.82) is 0 Å². The number of amides is 1. The molecule has 0 saturated heterocycles. The van der Waals surface area contributed by atoms with Gasteiger partial charge in [0.05, 0.1) is 6.04 Å². The van der Waals surface area contributed by atoms with E-state index in [9.17, 15) is 4.79 Å². The molecule has 0 aromatic heterocycles. The van der Waals surface area contributed by atoms with E-state index in [1.165, 1.54) is 31.2 Å². The number of benzene rings is 1. The Bertz CT molecular complexity index is 458. The van der Waals surface area contributed by atoms with Gasteiger partial charge < -0.3 is 10.6 Å². The van der Waals surface area contributed by atoms with Gasteiger partial charge in [-0.25, -0.2) is 0 Å². The summed E-state index contributed by atoms with van der Waals surface area (Å²) in [5.41, 5.74) is 2.06. The zero-order valence-electron chi connectivity index (χ0n) is 12.9. The lowest BCUT2D eigenvalue weighted by molar-refractivity contribution is -0.714. The van der Waals surface area contributed by atoms with E-state index in [0.717, 1.165) is 11.6 Å². The first-order chi connectivity index (χ1) is 9.56. The van der Waals surface area contributed by atoms with Gasteiger partial charge in [0.2, 0.25) is 0 Å². The summed E-state index contributed by atoms with van der Waals surface area (Å²) in [5.74, 6) is 0.825. The van der Waals surface area contributed by atoms with Crippen molar-refractivity contribution in [2.24, 2.45) is 5.92 Å². The van der Waals surface area contributed by atoms with E-state index in [-0.39, 0.29) is 11.9 Å². The van der Waals surface area contributed by atoms with Gasteiger partial charge in [-0.15, -0.1) is 0 Å². The van der Waals surface area contributed by atoms with E-state index in [4.69, 9.17) is 0 Å². The van der Waals surface area contributed by atoms with Crippen LogP contribution < -0.4 is 10.6 Å². The molecule has 1 aliphatic rings. The predicted octanol–water partition coefficient (Wildman–Crippen LogP) is 2.46. The number of nitrogens with one attached hydrogen (secondary N) is 1. The van der Waals surface area contributed by atoms with Crippen molar-refractivity contribution in [3.8, 4) is 0 Å². The number of nitrogens with two attached hydrogens (primary N) is 1. The van der Waals surface area contributed by atoms with Crippen LogP contribution in [0.5, 0.6) is 0 Å². The Morgan fingerprint density at radius 2 is 2.10 bits per heavy atom. The molecule has 3 heteroatoms. The van der Waals surface area contributed by atoms with Gasteiger partial charge in [0.1, 0.15) is 0 Å². The number of carbonyl (C=O) groups is 1. The molecule has 0 bridgehead atoms. The molecule has 1 saturated carbocycles. The van der Waals surface area contributed by atoms with Gasteiger partial charge in [0, 0.05) is 11.6 Å². The SMILES string of the molecule is Cc1cccc(NC(=O)[C@@H](C)[NH2+][C@@H]2CCCC[C@@H]2C)c1. The Balaban J connectivity index is 1.88. The number of anilines is 1. The van der Waals surface area contributed by atoms with Gasteiger partial charge in [0.15, 0.2) is 6.04 Å². The van der Waals surface area contributed by atoms with E-state index >= 15 is 0 Å². The normalized spacial score (nSPS) is 24.1. The van der Waals surface area contributed by atoms with Crippen molar-refractivity contribution in [3.63, 3.8) is 0 Å². The summed E-state index contributed by atoms with van der Waals surface area (Å²) in [6.07, 6.45) is 5.18. The fourth-order valence-electron chi connectivity index (χ4n) is 3.07. The van der Waals surface area contributed by atoms with Crippen LogP contribution in [0.25, 0.3) is 0 Å². The average molecular weight is 275 g/mol. The van der Waals surface area contributed by atoms with Crippen LogP contribution in [0, 0.1) is 12.8 Å². The molecule has 2 rings (SSSR count). The van der Waals surface area contributed by atoms with Crippen LogP contribution in [0.4, 0.5) is 5.69 Å². The van der Waals surface area contributed by atoms with Crippen molar-refractivity contribution >= 4 is 11.6 Å². The van der Waals surface area contributed by atoms with Crippen LogP contribution in [0.1, 0.15) is 45.1 Å². The average Bonchev–Trinajstić information content (AvgIpc) is 2.41. The van der Waals surface area contributed by atoms with Gasteiger partial charge in [-0.1, -0.05) is 25.5 Å².